The second kappa shape index (κ2) is 13.0. The molecule has 2 aromatic carbocycles. The molecular weight excluding hydrogens is 417 g/mol. The molecule has 0 heterocycles. The molecule has 5 nitrogen and oxygen atoms in total. The van der Waals surface area contributed by atoms with Crippen LogP contribution in [0.3, 0.4) is 0 Å². The van der Waals surface area contributed by atoms with Crippen LogP contribution in [-0.2, 0) is 9.59 Å². The van der Waals surface area contributed by atoms with Crippen LogP contribution in [0.1, 0.15) is 63.4 Å². The highest BCUT2D eigenvalue weighted by Gasteiger charge is 2.28. The average molecular weight is 454 g/mol. The Morgan fingerprint density at radius 1 is 0.939 bits per heavy atom. The number of rotatable bonds is 11. The molecule has 1 saturated carbocycles. The average Bonchev–Trinajstić information content (AvgIpc) is 2.84. The van der Waals surface area contributed by atoms with Crippen LogP contribution >= 0.6 is 0 Å². The number of anilines is 1. The van der Waals surface area contributed by atoms with E-state index in [1.807, 2.05) is 37.3 Å². The fourth-order valence-corrected chi connectivity index (χ4v) is 4.60. The molecule has 178 valence electrons. The Balaban J connectivity index is 1.58. The maximum Gasteiger partial charge on any atom is 0.242 e. The van der Waals surface area contributed by atoms with Gasteiger partial charge in [0.2, 0.25) is 11.8 Å². The first kappa shape index (κ1) is 24.7. The van der Waals surface area contributed by atoms with Crippen LogP contribution in [0, 0.1) is 11.7 Å². The quantitative estimate of drug-likeness (QED) is 0.419. The number of hydrogen-bond acceptors (Lipinski definition) is 3. The van der Waals surface area contributed by atoms with Gasteiger partial charge < -0.3 is 16.0 Å². The molecule has 0 radical (unpaired) electrons. The molecule has 1 fully saturated rings. The van der Waals surface area contributed by atoms with Gasteiger partial charge in [0.1, 0.15) is 11.9 Å². The molecule has 2 amide bonds. The molecule has 0 spiro atoms. The van der Waals surface area contributed by atoms with E-state index in [1.54, 1.807) is 12.1 Å². The minimum atomic E-state index is -0.538. The first-order chi connectivity index (χ1) is 16.1. The van der Waals surface area contributed by atoms with Crippen LogP contribution in [-0.4, -0.2) is 30.9 Å². The van der Waals surface area contributed by atoms with Gasteiger partial charge in [0.15, 0.2) is 0 Å². The van der Waals surface area contributed by atoms with Crippen molar-refractivity contribution in [2.24, 2.45) is 5.92 Å². The predicted octanol–water partition coefficient (Wildman–Crippen LogP) is 5.00. The second-order valence-electron chi connectivity index (χ2n) is 8.90. The summed E-state index contributed by atoms with van der Waals surface area (Å²) in [5.74, 6) is -0.324. The summed E-state index contributed by atoms with van der Waals surface area (Å²) in [6.07, 6.45) is 7.21. The summed E-state index contributed by atoms with van der Waals surface area (Å²) >= 11 is 0. The summed E-state index contributed by atoms with van der Waals surface area (Å²) in [6, 6.07) is 15.3. The van der Waals surface area contributed by atoms with Crippen LogP contribution in [0.5, 0.6) is 0 Å². The van der Waals surface area contributed by atoms with Gasteiger partial charge in [0.25, 0.3) is 0 Å². The van der Waals surface area contributed by atoms with Crippen LogP contribution in [0.25, 0.3) is 0 Å². The summed E-state index contributed by atoms with van der Waals surface area (Å²) in [5.41, 5.74) is 1.77. The third kappa shape index (κ3) is 7.88. The maximum atomic E-state index is 13.1. The fourth-order valence-electron chi connectivity index (χ4n) is 4.60. The lowest BCUT2D eigenvalue weighted by Crippen LogP contribution is -2.49. The lowest BCUT2D eigenvalue weighted by Gasteiger charge is -2.28. The molecule has 0 aliphatic heterocycles. The number of hydrogen-bond donors (Lipinski definition) is 3. The van der Waals surface area contributed by atoms with Gasteiger partial charge in [-0.15, -0.1) is 0 Å². The Kier molecular flexibility index (Phi) is 9.73. The van der Waals surface area contributed by atoms with Gasteiger partial charge in [-0.1, -0.05) is 69.4 Å². The highest BCUT2D eigenvalue weighted by atomic mass is 19.1. The van der Waals surface area contributed by atoms with Crippen LogP contribution < -0.4 is 16.0 Å². The first-order valence-corrected chi connectivity index (χ1v) is 12.2. The van der Waals surface area contributed by atoms with Crippen molar-refractivity contribution in [1.82, 2.24) is 10.6 Å². The molecule has 3 rings (SSSR count). The van der Waals surface area contributed by atoms with Gasteiger partial charge in [-0.05, 0) is 48.6 Å². The van der Waals surface area contributed by atoms with Gasteiger partial charge >= 0.3 is 0 Å². The molecule has 1 aliphatic carbocycles. The van der Waals surface area contributed by atoms with E-state index in [4.69, 9.17) is 0 Å². The largest absolute Gasteiger partial charge is 0.383 e. The third-order valence-corrected chi connectivity index (χ3v) is 6.45. The fraction of sp³-hybridized carbons (Fsp3) is 0.481. The molecular formula is C27H36FN3O2. The van der Waals surface area contributed by atoms with Crippen molar-refractivity contribution in [2.45, 2.75) is 63.8 Å². The zero-order valence-corrected chi connectivity index (χ0v) is 19.5. The number of carbonyl (C=O) groups is 2. The van der Waals surface area contributed by atoms with E-state index >= 15 is 0 Å². The minimum absolute atomic E-state index is 0.0934. The zero-order valence-electron chi connectivity index (χ0n) is 19.5. The number of halogens is 1. The molecule has 0 saturated heterocycles. The van der Waals surface area contributed by atoms with Crippen molar-refractivity contribution >= 4 is 17.5 Å². The third-order valence-electron chi connectivity index (χ3n) is 6.45. The van der Waals surface area contributed by atoms with E-state index in [-0.39, 0.29) is 23.5 Å². The van der Waals surface area contributed by atoms with Crippen LogP contribution in [0.4, 0.5) is 10.1 Å². The molecule has 2 unspecified atom stereocenters. The van der Waals surface area contributed by atoms with Gasteiger partial charge in [-0.3, -0.25) is 9.59 Å². The Morgan fingerprint density at radius 2 is 1.64 bits per heavy atom. The maximum absolute atomic E-state index is 13.1. The van der Waals surface area contributed by atoms with Gasteiger partial charge in [0.05, 0.1) is 5.92 Å². The second-order valence-corrected chi connectivity index (χ2v) is 8.90. The Hall–Kier alpha value is -2.89. The van der Waals surface area contributed by atoms with Gasteiger partial charge in [0, 0.05) is 18.8 Å². The molecule has 3 N–H and O–H groups in total. The number of benzene rings is 2. The van der Waals surface area contributed by atoms with Crippen molar-refractivity contribution < 1.29 is 14.0 Å². The standard InChI is InChI=1S/C27H36FN3O2/c1-2-24(21-11-7-4-8-12-21)26(32)31-25(19-20-9-5-3-6-10-20)27(33)30-18-17-29-23-15-13-22(28)14-16-23/h4,7-8,11-16,20,24-25,29H,2-3,5-6,9-10,17-19H2,1H3,(H,30,33)(H,31,32). The number of carbonyl (C=O) groups excluding carboxylic acids is 2. The Morgan fingerprint density at radius 3 is 2.30 bits per heavy atom. The molecule has 0 bridgehead atoms. The zero-order chi connectivity index (χ0) is 23.5. The highest BCUT2D eigenvalue weighted by molar-refractivity contribution is 5.90. The number of amides is 2. The van der Waals surface area contributed by atoms with Gasteiger partial charge in [-0.25, -0.2) is 4.39 Å². The lowest BCUT2D eigenvalue weighted by atomic mass is 9.84. The summed E-state index contributed by atoms with van der Waals surface area (Å²) < 4.78 is 13.0. The van der Waals surface area contributed by atoms with Crippen molar-refractivity contribution in [2.75, 3.05) is 18.4 Å². The van der Waals surface area contributed by atoms with E-state index in [0.29, 0.717) is 31.8 Å². The van der Waals surface area contributed by atoms with E-state index in [9.17, 15) is 14.0 Å². The lowest BCUT2D eigenvalue weighted by molar-refractivity contribution is -0.130. The first-order valence-electron chi connectivity index (χ1n) is 12.2. The molecule has 6 heteroatoms. The molecule has 1 aliphatic rings. The number of nitrogens with one attached hydrogen (secondary N) is 3. The predicted molar refractivity (Wildman–Crippen MR) is 130 cm³/mol. The Labute approximate surface area is 196 Å². The molecule has 2 aromatic rings. The van der Waals surface area contributed by atoms with Crippen molar-refractivity contribution in [1.29, 1.82) is 0 Å². The van der Waals surface area contributed by atoms with Gasteiger partial charge in [-0.2, -0.15) is 0 Å². The van der Waals surface area contributed by atoms with E-state index in [2.05, 4.69) is 16.0 Å². The summed E-state index contributed by atoms with van der Waals surface area (Å²) in [4.78, 5) is 26.2. The highest BCUT2D eigenvalue weighted by Crippen LogP contribution is 2.28. The SMILES string of the molecule is CCC(C(=O)NC(CC1CCCCC1)C(=O)NCCNc1ccc(F)cc1)c1ccccc1. The monoisotopic (exact) mass is 453 g/mol. The topological polar surface area (TPSA) is 70.2 Å². The van der Waals surface area contributed by atoms with E-state index in [0.717, 1.165) is 24.1 Å². The van der Waals surface area contributed by atoms with E-state index in [1.165, 1.54) is 31.4 Å². The van der Waals surface area contributed by atoms with Crippen molar-refractivity contribution in [3.63, 3.8) is 0 Å². The molecule has 33 heavy (non-hydrogen) atoms. The minimum Gasteiger partial charge on any atom is -0.383 e. The van der Waals surface area contributed by atoms with Crippen molar-refractivity contribution in [3.05, 3.63) is 66.0 Å². The summed E-state index contributed by atoms with van der Waals surface area (Å²) in [7, 11) is 0. The van der Waals surface area contributed by atoms with Crippen LogP contribution in [0.15, 0.2) is 54.6 Å². The normalized spacial score (nSPS) is 15.9. The van der Waals surface area contributed by atoms with Crippen LogP contribution in [0.2, 0.25) is 0 Å². The van der Waals surface area contributed by atoms with Crippen molar-refractivity contribution in [3.8, 4) is 0 Å². The summed E-state index contributed by atoms with van der Waals surface area (Å²) in [6.45, 7) is 2.93. The molecule has 2 atom stereocenters. The smallest absolute Gasteiger partial charge is 0.242 e. The summed E-state index contributed by atoms with van der Waals surface area (Å²) in [5, 5.41) is 9.20. The van der Waals surface area contributed by atoms with E-state index < -0.39 is 6.04 Å². The molecule has 0 aromatic heterocycles. The Bertz CT molecular complexity index is 867.